The standard InChI is InChI=1S/C13H23NO4/c1-3-4-10-17-12(16)14-13(18-11(2)15)8-6-5-7-9-13/h3-10H2,1-2H3,(H,14,16). The summed E-state index contributed by atoms with van der Waals surface area (Å²) in [5, 5.41) is 2.72. The molecule has 1 fully saturated rings. The number of nitrogens with one attached hydrogen (secondary N) is 1. The fraction of sp³-hybridized carbons (Fsp3) is 0.846. The van der Waals surface area contributed by atoms with E-state index in [1.165, 1.54) is 6.92 Å². The minimum atomic E-state index is -0.854. The molecule has 0 aromatic rings. The number of rotatable bonds is 5. The summed E-state index contributed by atoms with van der Waals surface area (Å²) >= 11 is 0. The molecule has 0 atom stereocenters. The third kappa shape index (κ3) is 4.94. The first-order valence-corrected chi connectivity index (χ1v) is 6.72. The molecule has 1 N–H and O–H groups in total. The normalized spacial score (nSPS) is 17.9. The molecule has 1 rings (SSSR count). The van der Waals surface area contributed by atoms with Crippen molar-refractivity contribution in [3.63, 3.8) is 0 Å². The van der Waals surface area contributed by atoms with Gasteiger partial charge in [-0.1, -0.05) is 19.8 Å². The Balaban J connectivity index is 2.49. The maximum Gasteiger partial charge on any atom is 0.410 e. The van der Waals surface area contributed by atoms with Crippen LogP contribution < -0.4 is 5.32 Å². The quantitative estimate of drug-likeness (QED) is 0.467. The lowest BCUT2D eigenvalue weighted by Crippen LogP contribution is -2.52. The van der Waals surface area contributed by atoms with E-state index in [-0.39, 0.29) is 5.97 Å². The fourth-order valence-corrected chi connectivity index (χ4v) is 2.18. The van der Waals surface area contributed by atoms with Gasteiger partial charge in [0.25, 0.3) is 0 Å². The Morgan fingerprint density at radius 2 is 1.89 bits per heavy atom. The molecule has 1 amide bonds. The molecule has 0 aromatic heterocycles. The molecule has 18 heavy (non-hydrogen) atoms. The second-order valence-corrected chi connectivity index (χ2v) is 4.76. The molecular formula is C13H23NO4. The molecule has 1 saturated carbocycles. The highest BCUT2D eigenvalue weighted by molar-refractivity contribution is 5.70. The third-order valence-corrected chi connectivity index (χ3v) is 3.06. The van der Waals surface area contributed by atoms with Crippen LogP contribution in [0.5, 0.6) is 0 Å². The molecule has 0 aromatic carbocycles. The summed E-state index contributed by atoms with van der Waals surface area (Å²) in [5.74, 6) is -0.370. The Labute approximate surface area is 108 Å². The molecule has 0 bridgehead atoms. The smallest absolute Gasteiger partial charge is 0.410 e. The lowest BCUT2D eigenvalue weighted by Gasteiger charge is -2.36. The first-order valence-electron chi connectivity index (χ1n) is 6.72. The van der Waals surface area contributed by atoms with E-state index >= 15 is 0 Å². The average molecular weight is 257 g/mol. The van der Waals surface area contributed by atoms with Crippen LogP contribution in [0.25, 0.3) is 0 Å². The lowest BCUT2D eigenvalue weighted by atomic mass is 9.91. The summed E-state index contributed by atoms with van der Waals surface area (Å²) in [5.41, 5.74) is -0.854. The Hall–Kier alpha value is -1.26. The first-order chi connectivity index (χ1) is 8.58. The van der Waals surface area contributed by atoms with Crippen molar-refractivity contribution in [3.8, 4) is 0 Å². The van der Waals surface area contributed by atoms with E-state index in [1.807, 2.05) is 6.92 Å². The summed E-state index contributed by atoms with van der Waals surface area (Å²) in [6.07, 6.45) is 5.65. The number of amides is 1. The summed E-state index contributed by atoms with van der Waals surface area (Å²) in [6, 6.07) is 0. The van der Waals surface area contributed by atoms with Crippen molar-refractivity contribution in [1.29, 1.82) is 0 Å². The number of unbranched alkanes of at least 4 members (excludes halogenated alkanes) is 1. The maximum absolute atomic E-state index is 11.6. The summed E-state index contributed by atoms with van der Waals surface area (Å²) in [4.78, 5) is 22.8. The molecular weight excluding hydrogens is 234 g/mol. The van der Waals surface area contributed by atoms with Gasteiger partial charge in [-0.3, -0.25) is 10.1 Å². The summed E-state index contributed by atoms with van der Waals surface area (Å²) < 4.78 is 10.4. The van der Waals surface area contributed by atoms with Gasteiger partial charge in [-0.25, -0.2) is 4.79 Å². The van der Waals surface area contributed by atoms with Crippen molar-refractivity contribution < 1.29 is 19.1 Å². The Bertz CT molecular complexity index is 285. The van der Waals surface area contributed by atoms with Gasteiger partial charge in [0.05, 0.1) is 6.61 Å². The van der Waals surface area contributed by atoms with Crippen LogP contribution in [-0.2, 0) is 14.3 Å². The molecule has 5 nitrogen and oxygen atoms in total. The Morgan fingerprint density at radius 1 is 1.22 bits per heavy atom. The van der Waals surface area contributed by atoms with Crippen molar-refractivity contribution in [1.82, 2.24) is 5.32 Å². The van der Waals surface area contributed by atoms with Crippen LogP contribution in [0.3, 0.4) is 0 Å². The van der Waals surface area contributed by atoms with Crippen molar-refractivity contribution in [2.45, 2.75) is 64.5 Å². The third-order valence-electron chi connectivity index (χ3n) is 3.06. The van der Waals surface area contributed by atoms with Crippen LogP contribution in [0.15, 0.2) is 0 Å². The van der Waals surface area contributed by atoms with Crippen LogP contribution >= 0.6 is 0 Å². The molecule has 5 heteroatoms. The molecule has 0 spiro atoms. The number of carbonyl (C=O) groups is 2. The SMILES string of the molecule is CCCCOC(=O)NC1(OC(C)=O)CCCCC1. The van der Waals surface area contributed by atoms with E-state index in [4.69, 9.17) is 9.47 Å². The lowest BCUT2D eigenvalue weighted by molar-refractivity contribution is -0.163. The van der Waals surface area contributed by atoms with Crippen LogP contribution in [0, 0.1) is 0 Å². The monoisotopic (exact) mass is 257 g/mol. The molecule has 1 aliphatic carbocycles. The summed E-state index contributed by atoms with van der Waals surface area (Å²) in [6.45, 7) is 3.79. The fourth-order valence-electron chi connectivity index (χ4n) is 2.18. The largest absolute Gasteiger partial charge is 0.449 e. The van der Waals surface area contributed by atoms with E-state index < -0.39 is 11.8 Å². The second kappa shape index (κ2) is 7.24. The van der Waals surface area contributed by atoms with Crippen LogP contribution in [-0.4, -0.2) is 24.4 Å². The number of hydrogen-bond acceptors (Lipinski definition) is 4. The van der Waals surface area contributed by atoms with Crippen molar-refractivity contribution in [2.75, 3.05) is 6.61 Å². The molecule has 0 radical (unpaired) electrons. The van der Waals surface area contributed by atoms with Gasteiger partial charge in [-0.2, -0.15) is 0 Å². The predicted octanol–water partition coefficient (Wildman–Crippen LogP) is 2.74. The molecule has 0 heterocycles. The first kappa shape index (κ1) is 14.8. The maximum atomic E-state index is 11.6. The van der Waals surface area contributed by atoms with Gasteiger partial charge in [0.15, 0.2) is 5.72 Å². The minimum absolute atomic E-state index is 0.370. The number of esters is 1. The van der Waals surface area contributed by atoms with E-state index in [0.29, 0.717) is 19.4 Å². The van der Waals surface area contributed by atoms with Gasteiger partial charge in [0, 0.05) is 19.8 Å². The number of alkyl carbamates (subject to hydrolysis) is 1. The van der Waals surface area contributed by atoms with Gasteiger partial charge in [-0.05, 0) is 19.3 Å². The van der Waals surface area contributed by atoms with Crippen molar-refractivity contribution in [2.24, 2.45) is 0 Å². The Morgan fingerprint density at radius 3 is 2.44 bits per heavy atom. The van der Waals surface area contributed by atoms with Gasteiger partial charge in [0.2, 0.25) is 0 Å². The topological polar surface area (TPSA) is 64.6 Å². The van der Waals surface area contributed by atoms with Crippen LogP contribution in [0.4, 0.5) is 4.79 Å². The van der Waals surface area contributed by atoms with E-state index in [9.17, 15) is 9.59 Å². The second-order valence-electron chi connectivity index (χ2n) is 4.76. The average Bonchev–Trinajstić information content (AvgIpc) is 2.29. The van der Waals surface area contributed by atoms with E-state index in [1.54, 1.807) is 0 Å². The van der Waals surface area contributed by atoms with Crippen LogP contribution in [0.1, 0.15) is 58.8 Å². The number of hydrogen-bond donors (Lipinski definition) is 1. The minimum Gasteiger partial charge on any atom is -0.449 e. The molecule has 104 valence electrons. The molecule has 0 saturated heterocycles. The van der Waals surface area contributed by atoms with Gasteiger partial charge in [-0.15, -0.1) is 0 Å². The van der Waals surface area contributed by atoms with E-state index in [0.717, 1.165) is 32.1 Å². The zero-order valence-electron chi connectivity index (χ0n) is 11.3. The summed E-state index contributed by atoms with van der Waals surface area (Å²) in [7, 11) is 0. The van der Waals surface area contributed by atoms with Crippen molar-refractivity contribution >= 4 is 12.1 Å². The predicted molar refractivity (Wildman–Crippen MR) is 67.0 cm³/mol. The Kier molecular flexibility index (Phi) is 5.95. The van der Waals surface area contributed by atoms with Crippen molar-refractivity contribution in [3.05, 3.63) is 0 Å². The molecule has 0 unspecified atom stereocenters. The number of carbonyl (C=O) groups excluding carboxylic acids is 2. The van der Waals surface area contributed by atoms with Gasteiger partial charge >= 0.3 is 12.1 Å². The van der Waals surface area contributed by atoms with E-state index in [2.05, 4.69) is 5.32 Å². The highest BCUT2D eigenvalue weighted by Gasteiger charge is 2.37. The zero-order valence-corrected chi connectivity index (χ0v) is 11.3. The van der Waals surface area contributed by atoms with Crippen LogP contribution in [0.2, 0.25) is 0 Å². The van der Waals surface area contributed by atoms with Gasteiger partial charge in [0.1, 0.15) is 0 Å². The molecule has 1 aliphatic rings. The highest BCUT2D eigenvalue weighted by Crippen LogP contribution is 2.29. The zero-order chi connectivity index (χ0) is 13.4. The molecule has 0 aliphatic heterocycles. The number of ether oxygens (including phenoxy) is 2. The highest BCUT2D eigenvalue weighted by atomic mass is 16.6. The van der Waals surface area contributed by atoms with Gasteiger partial charge < -0.3 is 9.47 Å².